The van der Waals surface area contributed by atoms with Crippen LogP contribution in [0.4, 0.5) is 0 Å². The van der Waals surface area contributed by atoms with Gasteiger partial charge in [-0.1, -0.05) is 406 Å². The van der Waals surface area contributed by atoms with E-state index in [0.717, 1.165) is 95.1 Å². The number of para-hydroxylation sites is 1. The summed E-state index contributed by atoms with van der Waals surface area (Å²) in [6.45, 7) is 0. The second-order valence-electron chi connectivity index (χ2n) is 32.7. The molecule has 0 aliphatic heterocycles. The van der Waals surface area contributed by atoms with E-state index in [1.165, 1.54) is 122 Å². The summed E-state index contributed by atoms with van der Waals surface area (Å²) in [5.41, 5.74) is 40.2. The summed E-state index contributed by atoms with van der Waals surface area (Å²) in [5, 5.41) is 2.01. The van der Waals surface area contributed by atoms with Crippen molar-refractivity contribution in [2.45, 2.75) is 17.3 Å². The number of aromatic nitrogens is 6. The first-order chi connectivity index (χ1) is 61.5. The highest BCUT2D eigenvalue weighted by molar-refractivity contribution is 6.12. The number of hydrogen-bond donors (Lipinski definition) is 0. The lowest BCUT2D eigenvalue weighted by molar-refractivity contribution is 0.669. The fourth-order valence-corrected chi connectivity index (χ4v) is 21.4. The minimum absolute atomic E-state index is 0.587. The van der Waals surface area contributed by atoms with E-state index in [1.807, 2.05) is 30.3 Å². The van der Waals surface area contributed by atoms with Gasteiger partial charge >= 0.3 is 0 Å². The fourth-order valence-electron chi connectivity index (χ4n) is 21.4. The number of furan rings is 1. The van der Waals surface area contributed by atoms with Crippen LogP contribution in [0.25, 0.3) is 190 Å². The van der Waals surface area contributed by atoms with E-state index in [0.29, 0.717) is 34.9 Å². The maximum absolute atomic E-state index is 6.40. The highest BCUT2D eigenvalue weighted by Gasteiger charge is 2.53. The molecular formula is C117H72N6O. The highest BCUT2D eigenvalue weighted by atomic mass is 16.3. The van der Waals surface area contributed by atoms with E-state index in [-0.39, 0.29) is 0 Å². The lowest BCUT2D eigenvalue weighted by Gasteiger charge is -2.35. The minimum atomic E-state index is -0.631. The molecule has 0 radical (unpaired) electrons. The van der Waals surface area contributed by atoms with Crippen molar-refractivity contribution in [2.24, 2.45) is 0 Å². The van der Waals surface area contributed by atoms with Crippen LogP contribution >= 0.6 is 0 Å². The molecule has 576 valence electrons. The molecule has 7 nitrogen and oxygen atoms in total. The molecule has 21 aromatic rings. The van der Waals surface area contributed by atoms with Crippen molar-refractivity contribution in [3.63, 3.8) is 0 Å². The van der Waals surface area contributed by atoms with E-state index >= 15 is 0 Å². The molecular weight excluding hydrogens is 1510 g/mol. The lowest BCUT2D eigenvalue weighted by atomic mass is 9.66. The molecule has 3 heterocycles. The average Bonchev–Trinajstić information content (AvgIpc) is 1.52. The van der Waals surface area contributed by atoms with Crippen molar-refractivity contribution < 1.29 is 4.42 Å². The second-order valence-corrected chi connectivity index (χ2v) is 32.7. The van der Waals surface area contributed by atoms with Gasteiger partial charge in [0, 0.05) is 44.2 Å². The summed E-state index contributed by atoms with van der Waals surface area (Å²) in [5.74, 6) is 3.75. The van der Waals surface area contributed by atoms with Gasteiger partial charge in [0.1, 0.15) is 11.2 Å². The molecule has 7 heteroatoms. The zero-order chi connectivity index (χ0) is 81.6. The van der Waals surface area contributed by atoms with Gasteiger partial charge in [0.05, 0.1) is 10.8 Å². The van der Waals surface area contributed by atoms with Crippen LogP contribution in [-0.2, 0) is 17.3 Å². The lowest BCUT2D eigenvalue weighted by Crippen LogP contribution is -2.29. The van der Waals surface area contributed by atoms with Crippen LogP contribution in [0.5, 0.6) is 0 Å². The second kappa shape index (κ2) is 28.2. The molecule has 124 heavy (non-hydrogen) atoms. The SMILES string of the molecule is c1ccc(-c2ccccc2-c2nc(-c3ccc4c(c3)-c3ccccc3C4)nc(-c3cccc4c3-c3ccccc3C43c4ccccc4-c4ccccc4-c4ccccc43)n2)cc1.c1ccc(-c2ccccc2-c2nc(-c3cccc4c3-c3ccccc3C43c4ccccc4-c4ccccc4-c4ccccc43)nc(-c3cccc4oc5ccccc5c34)n2)cc1. The fraction of sp³-hybridized carbons (Fsp3) is 0.0256. The van der Waals surface area contributed by atoms with Gasteiger partial charge in [0.15, 0.2) is 34.9 Å². The molecule has 5 aliphatic rings. The normalized spacial score (nSPS) is 13.1. The molecule has 3 aromatic heterocycles. The maximum atomic E-state index is 6.40. The van der Waals surface area contributed by atoms with Gasteiger partial charge in [-0.15, -0.1) is 0 Å². The zero-order valence-electron chi connectivity index (χ0n) is 67.2. The Morgan fingerprint density at radius 3 is 0.935 bits per heavy atom. The summed E-state index contributed by atoms with van der Waals surface area (Å²) in [7, 11) is 0. The van der Waals surface area contributed by atoms with Crippen LogP contribution in [0.3, 0.4) is 0 Å². The van der Waals surface area contributed by atoms with Gasteiger partial charge < -0.3 is 4.42 Å². The van der Waals surface area contributed by atoms with Crippen LogP contribution in [-0.4, -0.2) is 29.9 Å². The Morgan fingerprint density at radius 2 is 0.476 bits per heavy atom. The van der Waals surface area contributed by atoms with E-state index < -0.39 is 10.8 Å². The van der Waals surface area contributed by atoms with Gasteiger partial charge in [0.2, 0.25) is 0 Å². The Labute approximate surface area is 717 Å². The number of benzene rings is 18. The van der Waals surface area contributed by atoms with Crippen LogP contribution in [0, 0.1) is 0 Å². The number of hydrogen-bond acceptors (Lipinski definition) is 7. The Hall–Kier alpha value is -16.2. The Kier molecular flexibility index (Phi) is 16.1. The molecule has 26 rings (SSSR count). The van der Waals surface area contributed by atoms with E-state index in [4.69, 9.17) is 34.3 Å². The molecule has 18 aromatic carbocycles. The van der Waals surface area contributed by atoms with E-state index in [2.05, 4.69) is 394 Å². The first kappa shape index (κ1) is 70.8. The first-order valence-corrected chi connectivity index (χ1v) is 42.5. The molecule has 0 unspecified atom stereocenters. The quantitative estimate of drug-likeness (QED) is 0.150. The van der Waals surface area contributed by atoms with Crippen LogP contribution in [0.2, 0.25) is 0 Å². The molecule has 0 amide bonds. The largest absolute Gasteiger partial charge is 0.456 e. The van der Waals surface area contributed by atoms with Crippen molar-refractivity contribution in [3.05, 3.63) is 480 Å². The predicted octanol–water partition coefficient (Wildman–Crippen LogP) is 28.6. The molecule has 0 saturated carbocycles. The summed E-state index contributed by atoms with van der Waals surface area (Å²) in [6, 6.07) is 153. The topological polar surface area (TPSA) is 90.5 Å². The Balaban J connectivity index is 0.000000136. The number of rotatable bonds is 8. The van der Waals surface area contributed by atoms with Gasteiger partial charge in [-0.3, -0.25) is 0 Å². The van der Waals surface area contributed by atoms with Crippen LogP contribution < -0.4 is 0 Å². The number of nitrogens with zero attached hydrogens (tertiary/aromatic N) is 6. The number of fused-ring (bicyclic) bond motifs is 30. The van der Waals surface area contributed by atoms with Crippen molar-refractivity contribution in [1.82, 2.24) is 29.9 Å². The third kappa shape index (κ3) is 10.6. The summed E-state index contributed by atoms with van der Waals surface area (Å²) in [4.78, 5) is 32.7. The predicted molar refractivity (Wildman–Crippen MR) is 502 cm³/mol. The smallest absolute Gasteiger partial charge is 0.164 e. The maximum Gasteiger partial charge on any atom is 0.164 e. The van der Waals surface area contributed by atoms with Gasteiger partial charge in [-0.05, 0) is 180 Å². The monoisotopic (exact) mass is 1580 g/mol. The van der Waals surface area contributed by atoms with Gasteiger partial charge in [0.25, 0.3) is 0 Å². The van der Waals surface area contributed by atoms with Crippen molar-refractivity contribution in [2.75, 3.05) is 0 Å². The summed E-state index contributed by atoms with van der Waals surface area (Å²) >= 11 is 0. The van der Waals surface area contributed by atoms with Crippen LogP contribution in [0.1, 0.15) is 55.6 Å². The zero-order valence-corrected chi connectivity index (χ0v) is 67.2. The Bertz CT molecular complexity index is 7860. The van der Waals surface area contributed by atoms with Crippen molar-refractivity contribution >= 4 is 21.9 Å². The molecule has 5 aliphatic carbocycles. The molecule has 0 N–H and O–H groups in total. The third-order valence-corrected chi connectivity index (χ3v) is 26.4. The van der Waals surface area contributed by atoms with E-state index in [1.54, 1.807) is 0 Å². The summed E-state index contributed by atoms with van der Waals surface area (Å²) in [6.07, 6.45) is 0.929. The molecule has 0 bridgehead atoms. The first-order valence-electron chi connectivity index (χ1n) is 42.5. The average molecular weight is 1580 g/mol. The van der Waals surface area contributed by atoms with Gasteiger partial charge in [-0.25, -0.2) is 29.9 Å². The van der Waals surface area contributed by atoms with Crippen LogP contribution in [0.15, 0.2) is 429 Å². The Morgan fingerprint density at radius 1 is 0.177 bits per heavy atom. The molecule has 0 saturated heterocycles. The standard InChI is InChI=1S/C59H37N3.C58H35N3O/c1-2-17-37(18-3-1)41-20-6-9-26-47(41)57-60-56(40-34-33-39-35-38-19-4-5-21-42(38)50(39)36-40)61-58(62-57)49-28-16-32-54-55(49)48-27-12-15-31-53(48)59(54)51-29-13-10-24-45(51)43-22-7-8-23-44(43)46-25-11-14-30-52(46)59;1-2-18-36(19-3-1)37-20-4-7-25-42(37)55-59-56(61-57(60-55)46-29-17-35-52-54(46)44-27-11-15-34-51(44)62-52)45-28-16-33-50-53(45)43-26-10-14-32-49(43)58(50)47-30-12-8-23-40(47)38-21-5-6-22-39(38)41-24-9-13-31-48(41)58/h1-34,36H,35H2;1-35H. The molecule has 0 atom stereocenters. The summed E-state index contributed by atoms with van der Waals surface area (Å²) < 4.78 is 6.40. The van der Waals surface area contributed by atoms with Crippen molar-refractivity contribution in [1.29, 1.82) is 0 Å². The highest BCUT2D eigenvalue weighted by Crippen LogP contribution is 2.65. The van der Waals surface area contributed by atoms with E-state index in [9.17, 15) is 0 Å². The third-order valence-electron chi connectivity index (χ3n) is 26.4. The minimum Gasteiger partial charge on any atom is -0.456 e. The van der Waals surface area contributed by atoms with Crippen molar-refractivity contribution in [3.8, 4) is 168 Å². The van der Waals surface area contributed by atoms with Gasteiger partial charge in [-0.2, -0.15) is 0 Å². The molecule has 0 fully saturated rings. The molecule has 2 spiro atoms.